The molecule has 3 heterocycles. The summed E-state index contributed by atoms with van der Waals surface area (Å²) in [6.07, 6.45) is 3.23. The maximum atomic E-state index is 13.2. The van der Waals surface area contributed by atoms with Crippen LogP contribution in [0, 0.1) is 0 Å². The number of carbonyl (C=O) groups is 1. The van der Waals surface area contributed by atoms with Crippen molar-refractivity contribution in [2.75, 3.05) is 26.7 Å². The van der Waals surface area contributed by atoms with Gasteiger partial charge >= 0.3 is 0 Å². The topological polar surface area (TPSA) is 67.6 Å². The van der Waals surface area contributed by atoms with Crippen molar-refractivity contribution in [2.24, 2.45) is 0 Å². The van der Waals surface area contributed by atoms with E-state index >= 15 is 0 Å². The second-order valence-electron chi connectivity index (χ2n) is 5.97. The van der Waals surface area contributed by atoms with Crippen LogP contribution in [0.4, 0.5) is 0 Å². The highest BCUT2D eigenvalue weighted by molar-refractivity contribution is 7.16. The second-order valence-corrected chi connectivity index (χ2v) is 7.00. The molecule has 0 aliphatic carbocycles. The van der Waals surface area contributed by atoms with Crippen LogP contribution in [0.1, 0.15) is 21.3 Å². The van der Waals surface area contributed by atoms with Gasteiger partial charge in [0, 0.05) is 25.2 Å². The van der Waals surface area contributed by atoms with Crippen molar-refractivity contribution in [2.45, 2.75) is 6.04 Å². The smallest absolute Gasteiger partial charge is 0.266 e. The Hall–Kier alpha value is -2.06. The van der Waals surface area contributed by atoms with E-state index in [1.165, 1.54) is 11.3 Å². The van der Waals surface area contributed by atoms with Crippen LogP contribution >= 0.6 is 36.2 Å². The molecule has 1 saturated heterocycles. The van der Waals surface area contributed by atoms with Gasteiger partial charge in [-0.1, -0.05) is 18.2 Å². The fourth-order valence-electron chi connectivity index (χ4n) is 3.20. The number of nitrogens with zero attached hydrogens (tertiary/aromatic N) is 2. The van der Waals surface area contributed by atoms with Crippen molar-refractivity contribution in [3.8, 4) is 16.5 Å². The first-order valence-corrected chi connectivity index (χ1v) is 9.24. The molecular formula is C19H21Cl2N3O3S. The molecule has 1 aromatic carbocycles. The molecule has 0 bridgehead atoms. The molecule has 150 valence electrons. The first kappa shape index (κ1) is 22.2. The molecule has 1 unspecified atom stereocenters. The highest BCUT2D eigenvalue weighted by atomic mass is 35.5. The van der Waals surface area contributed by atoms with Gasteiger partial charge in [0.15, 0.2) is 10.8 Å². The van der Waals surface area contributed by atoms with Crippen LogP contribution in [0.5, 0.6) is 5.75 Å². The van der Waals surface area contributed by atoms with Crippen molar-refractivity contribution in [1.29, 1.82) is 0 Å². The lowest BCUT2D eigenvalue weighted by Gasteiger charge is -2.36. The number of nitrogens with one attached hydrogen (secondary N) is 1. The van der Waals surface area contributed by atoms with Gasteiger partial charge in [-0.15, -0.1) is 36.2 Å². The van der Waals surface area contributed by atoms with E-state index in [2.05, 4.69) is 10.3 Å². The van der Waals surface area contributed by atoms with E-state index in [1.807, 2.05) is 41.3 Å². The fourth-order valence-corrected chi connectivity index (χ4v) is 4.04. The Morgan fingerprint density at radius 2 is 2.11 bits per heavy atom. The number of carbonyl (C=O) groups excluding carboxylic acids is 1. The number of methoxy groups -OCH3 is 1. The summed E-state index contributed by atoms with van der Waals surface area (Å²) in [6, 6.07) is 11.4. The minimum atomic E-state index is -0.0819. The summed E-state index contributed by atoms with van der Waals surface area (Å²) < 4.78 is 10.9. The molecule has 0 saturated carbocycles. The summed E-state index contributed by atoms with van der Waals surface area (Å²) in [5, 5.41) is 4.08. The van der Waals surface area contributed by atoms with E-state index in [0.717, 1.165) is 17.9 Å². The van der Waals surface area contributed by atoms with Crippen molar-refractivity contribution in [3.05, 3.63) is 59.3 Å². The monoisotopic (exact) mass is 441 g/mol. The van der Waals surface area contributed by atoms with E-state index in [1.54, 1.807) is 19.6 Å². The summed E-state index contributed by atoms with van der Waals surface area (Å²) in [5.41, 5.74) is 1.01. The number of ether oxygens (including phenoxy) is 1. The molecule has 1 fully saturated rings. The summed E-state index contributed by atoms with van der Waals surface area (Å²) in [7, 11) is 1.65. The number of benzene rings is 1. The minimum Gasteiger partial charge on any atom is -0.496 e. The normalized spacial score (nSPS) is 16.0. The average Bonchev–Trinajstić information content (AvgIpc) is 3.39. The lowest BCUT2D eigenvalue weighted by atomic mass is 10.0. The summed E-state index contributed by atoms with van der Waals surface area (Å²) in [6.45, 7) is 2.09. The molecule has 1 aliphatic heterocycles. The molecule has 4 rings (SSSR count). The molecule has 1 aliphatic rings. The van der Waals surface area contributed by atoms with Crippen LogP contribution in [0.15, 0.2) is 53.3 Å². The van der Waals surface area contributed by atoms with Crippen LogP contribution in [0.3, 0.4) is 0 Å². The zero-order valence-corrected chi connectivity index (χ0v) is 17.6. The van der Waals surface area contributed by atoms with Gasteiger partial charge in [-0.2, -0.15) is 0 Å². The number of piperazine rings is 1. The molecule has 2 aromatic heterocycles. The number of furan rings is 1. The third kappa shape index (κ3) is 4.33. The van der Waals surface area contributed by atoms with Gasteiger partial charge < -0.3 is 19.4 Å². The number of hydrogen-bond acceptors (Lipinski definition) is 6. The minimum absolute atomic E-state index is 0. The lowest BCUT2D eigenvalue weighted by Crippen LogP contribution is -2.48. The van der Waals surface area contributed by atoms with Crippen LogP contribution in [-0.4, -0.2) is 42.5 Å². The van der Waals surface area contributed by atoms with Gasteiger partial charge in [-0.3, -0.25) is 4.79 Å². The maximum absolute atomic E-state index is 13.2. The van der Waals surface area contributed by atoms with E-state index in [-0.39, 0.29) is 36.8 Å². The predicted molar refractivity (Wildman–Crippen MR) is 114 cm³/mol. The molecule has 9 heteroatoms. The van der Waals surface area contributed by atoms with Gasteiger partial charge in [-0.25, -0.2) is 4.98 Å². The van der Waals surface area contributed by atoms with Crippen molar-refractivity contribution in [1.82, 2.24) is 15.2 Å². The standard InChI is InChI=1S/C19H19N3O3S.2ClH/c1-24-15-6-3-2-5-13(15)14-11-20-8-9-22(14)19(23)17-12-21-18(26-17)16-7-4-10-25-16;;/h2-7,10,12,14,20H,8-9,11H2,1H3;2*1H. The van der Waals surface area contributed by atoms with Gasteiger partial charge in [0.05, 0.1) is 25.6 Å². The van der Waals surface area contributed by atoms with Crippen molar-refractivity contribution >= 4 is 42.1 Å². The van der Waals surface area contributed by atoms with E-state index in [0.29, 0.717) is 28.7 Å². The Kier molecular flexibility index (Phi) is 7.88. The molecule has 0 radical (unpaired) electrons. The molecular weight excluding hydrogens is 421 g/mol. The molecule has 3 aromatic rings. The molecule has 1 atom stereocenters. The largest absolute Gasteiger partial charge is 0.496 e. The SMILES string of the molecule is COc1ccccc1C1CNCCN1C(=O)c1cnc(-c2ccco2)s1.Cl.Cl. The summed E-state index contributed by atoms with van der Waals surface area (Å²) in [4.78, 5) is 20.0. The number of rotatable bonds is 4. The summed E-state index contributed by atoms with van der Waals surface area (Å²) in [5.74, 6) is 1.45. The van der Waals surface area contributed by atoms with Crippen LogP contribution in [0.2, 0.25) is 0 Å². The molecule has 28 heavy (non-hydrogen) atoms. The average molecular weight is 442 g/mol. The highest BCUT2D eigenvalue weighted by Crippen LogP contribution is 2.33. The molecule has 6 nitrogen and oxygen atoms in total. The van der Waals surface area contributed by atoms with Crippen molar-refractivity contribution < 1.29 is 13.9 Å². The highest BCUT2D eigenvalue weighted by Gasteiger charge is 2.31. The van der Waals surface area contributed by atoms with E-state index < -0.39 is 0 Å². The Labute approximate surface area is 179 Å². The molecule has 0 spiro atoms. The predicted octanol–water partition coefficient (Wildman–Crippen LogP) is 4.04. The summed E-state index contributed by atoms with van der Waals surface area (Å²) >= 11 is 1.35. The molecule has 1 N–H and O–H groups in total. The van der Waals surface area contributed by atoms with Crippen LogP contribution in [-0.2, 0) is 0 Å². The number of thiazole rings is 1. The van der Waals surface area contributed by atoms with Crippen molar-refractivity contribution in [3.63, 3.8) is 0 Å². The quantitative estimate of drug-likeness (QED) is 0.661. The third-order valence-electron chi connectivity index (χ3n) is 4.45. The Balaban J connectivity index is 0.00000140. The number of halogens is 2. The number of hydrogen-bond donors (Lipinski definition) is 1. The number of aromatic nitrogens is 1. The Morgan fingerprint density at radius 1 is 1.29 bits per heavy atom. The van der Waals surface area contributed by atoms with Gasteiger partial charge in [0.1, 0.15) is 10.6 Å². The second kappa shape index (κ2) is 9.93. The molecule has 1 amide bonds. The van der Waals surface area contributed by atoms with E-state index in [4.69, 9.17) is 9.15 Å². The first-order valence-electron chi connectivity index (χ1n) is 8.42. The van der Waals surface area contributed by atoms with Gasteiger partial charge in [-0.05, 0) is 18.2 Å². The number of amides is 1. The lowest BCUT2D eigenvalue weighted by molar-refractivity contribution is 0.0636. The van der Waals surface area contributed by atoms with Gasteiger partial charge in [0.2, 0.25) is 0 Å². The fraction of sp³-hybridized carbons (Fsp3) is 0.263. The first-order chi connectivity index (χ1) is 12.8. The zero-order chi connectivity index (χ0) is 17.9. The maximum Gasteiger partial charge on any atom is 0.266 e. The zero-order valence-electron chi connectivity index (χ0n) is 15.2. The number of para-hydroxylation sites is 1. The Morgan fingerprint density at radius 3 is 2.86 bits per heavy atom. The Bertz CT molecular complexity index is 901. The van der Waals surface area contributed by atoms with Crippen LogP contribution in [0.25, 0.3) is 10.8 Å². The van der Waals surface area contributed by atoms with E-state index in [9.17, 15) is 4.79 Å². The van der Waals surface area contributed by atoms with Crippen LogP contribution < -0.4 is 10.1 Å². The van der Waals surface area contributed by atoms with Gasteiger partial charge in [0.25, 0.3) is 5.91 Å². The third-order valence-corrected chi connectivity index (χ3v) is 5.45.